The van der Waals surface area contributed by atoms with Crippen LogP contribution in [0, 0.1) is 0 Å². The summed E-state index contributed by atoms with van der Waals surface area (Å²) in [6.07, 6.45) is -7.32. The van der Waals surface area contributed by atoms with Gasteiger partial charge in [0, 0.05) is 5.69 Å². The minimum absolute atomic E-state index is 0.413. The van der Waals surface area contributed by atoms with Gasteiger partial charge in [-0.05, 0) is 12.1 Å². The molecular formula is C12H17NO6. The molecule has 6 N–H and O–H groups in total. The topological polar surface area (TPSA) is 130 Å². The van der Waals surface area contributed by atoms with Gasteiger partial charge in [0.05, 0.1) is 6.61 Å². The standard InChI is InChI=1S/C12H17NO6/c14-6-8(15)9(16)10(17)11(18)12(19)13-7-4-2-1-3-5-7/h1-5,8-11,14-18H,6H2,(H,13,19)/t8-,9+,10+,11-/m1/s1. The Kier molecular flexibility index (Phi) is 5.87. The fraction of sp³-hybridized carbons (Fsp3) is 0.417. The molecule has 1 rings (SSSR count). The molecule has 0 aromatic heterocycles. The van der Waals surface area contributed by atoms with Crippen LogP contribution in [0.25, 0.3) is 0 Å². The Balaban J connectivity index is 2.61. The van der Waals surface area contributed by atoms with Gasteiger partial charge in [0.2, 0.25) is 0 Å². The van der Waals surface area contributed by atoms with Crippen molar-refractivity contribution in [1.29, 1.82) is 0 Å². The lowest BCUT2D eigenvalue weighted by atomic mass is 10.0. The van der Waals surface area contributed by atoms with Crippen LogP contribution in [0.2, 0.25) is 0 Å². The number of carbonyl (C=O) groups is 1. The molecule has 0 unspecified atom stereocenters. The van der Waals surface area contributed by atoms with E-state index in [1.165, 1.54) is 0 Å². The molecular weight excluding hydrogens is 254 g/mol. The molecule has 0 aliphatic heterocycles. The Morgan fingerprint density at radius 2 is 1.63 bits per heavy atom. The van der Waals surface area contributed by atoms with Crippen LogP contribution in [-0.4, -0.2) is 62.5 Å². The average Bonchev–Trinajstić information content (AvgIpc) is 2.44. The SMILES string of the molecule is O=C(Nc1ccccc1)[C@H](O)[C@@H](O)[C@@H](O)[C@H](O)CO. The van der Waals surface area contributed by atoms with Crippen LogP contribution in [-0.2, 0) is 4.79 Å². The zero-order valence-corrected chi connectivity index (χ0v) is 10.0. The van der Waals surface area contributed by atoms with E-state index in [0.29, 0.717) is 5.69 Å². The van der Waals surface area contributed by atoms with E-state index in [1.807, 2.05) is 0 Å². The van der Waals surface area contributed by atoms with Crippen molar-refractivity contribution in [3.63, 3.8) is 0 Å². The first-order chi connectivity index (χ1) is 8.97. The van der Waals surface area contributed by atoms with Crippen molar-refractivity contribution in [1.82, 2.24) is 0 Å². The van der Waals surface area contributed by atoms with Crippen molar-refractivity contribution in [2.45, 2.75) is 24.4 Å². The molecule has 4 atom stereocenters. The number of para-hydroxylation sites is 1. The van der Waals surface area contributed by atoms with Gasteiger partial charge in [-0.1, -0.05) is 18.2 Å². The number of hydrogen-bond donors (Lipinski definition) is 6. The van der Waals surface area contributed by atoms with E-state index in [0.717, 1.165) is 0 Å². The monoisotopic (exact) mass is 271 g/mol. The third kappa shape index (κ3) is 4.27. The van der Waals surface area contributed by atoms with Gasteiger partial charge in [0.25, 0.3) is 5.91 Å². The number of hydrogen-bond acceptors (Lipinski definition) is 6. The molecule has 0 saturated heterocycles. The Labute approximate surface area is 109 Å². The summed E-state index contributed by atoms with van der Waals surface area (Å²) < 4.78 is 0. The highest BCUT2D eigenvalue weighted by atomic mass is 16.4. The first-order valence-electron chi connectivity index (χ1n) is 5.66. The van der Waals surface area contributed by atoms with Crippen LogP contribution >= 0.6 is 0 Å². The normalized spacial score (nSPS) is 17.3. The summed E-state index contributed by atoms with van der Waals surface area (Å²) in [4.78, 5) is 11.6. The molecule has 1 aromatic rings. The average molecular weight is 271 g/mol. The molecule has 106 valence electrons. The molecule has 0 spiro atoms. The van der Waals surface area contributed by atoms with Crippen LogP contribution < -0.4 is 5.32 Å². The Bertz CT molecular complexity index is 398. The first-order valence-corrected chi connectivity index (χ1v) is 5.66. The highest BCUT2D eigenvalue weighted by Gasteiger charge is 2.34. The van der Waals surface area contributed by atoms with Gasteiger partial charge in [0.15, 0.2) is 6.10 Å². The summed E-state index contributed by atoms with van der Waals surface area (Å²) >= 11 is 0. The maximum Gasteiger partial charge on any atom is 0.256 e. The molecule has 0 saturated carbocycles. The Morgan fingerprint density at radius 3 is 2.16 bits per heavy atom. The van der Waals surface area contributed by atoms with Gasteiger partial charge in [-0.2, -0.15) is 0 Å². The van der Waals surface area contributed by atoms with Gasteiger partial charge in [-0.15, -0.1) is 0 Å². The van der Waals surface area contributed by atoms with Crippen LogP contribution in [0.3, 0.4) is 0 Å². The molecule has 0 fully saturated rings. The van der Waals surface area contributed by atoms with E-state index in [-0.39, 0.29) is 0 Å². The minimum atomic E-state index is -1.93. The largest absolute Gasteiger partial charge is 0.394 e. The Hall–Kier alpha value is -1.51. The van der Waals surface area contributed by atoms with Crippen molar-refractivity contribution in [3.05, 3.63) is 30.3 Å². The van der Waals surface area contributed by atoms with Crippen LogP contribution in [0.1, 0.15) is 0 Å². The van der Waals surface area contributed by atoms with E-state index < -0.39 is 36.9 Å². The number of rotatable bonds is 6. The minimum Gasteiger partial charge on any atom is -0.394 e. The van der Waals surface area contributed by atoms with Crippen LogP contribution in [0.5, 0.6) is 0 Å². The summed E-state index contributed by atoms with van der Waals surface area (Å²) in [5.74, 6) is -0.928. The van der Waals surface area contributed by atoms with Gasteiger partial charge in [-0.3, -0.25) is 4.79 Å². The molecule has 7 heteroatoms. The van der Waals surface area contributed by atoms with E-state index in [2.05, 4.69) is 5.32 Å². The predicted molar refractivity (Wildman–Crippen MR) is 66.2 cm³/mol. The summed E-state index contributed by atoms with van der Waals surface area (Å²) in [5.41, 5.74) is 0.413. The molecule has 7 nitrogen and oxygen atoms in total. The summed E-state index contributed by atoms with van der Waals surface area (Å²) in [7, 11) is 0. The van der Waals surface area contributed by atoms with Gasteiger partial charge in [-0.25, -0.2) is 0 Å². The quantitative estimate of drug-likeness (QED) is 0.357. The van der Waals surface area contributed by atoms with E-state index >= 15 is 0 Å². The highest BCUT2D eigenvalue weighted by Crippen LogP contribution is 2.09. The molecule has 0 bridgehead atoms. The fourth-order valence-electron chi connectivity index (χ4n) is 1.42. The second kappa shape index (κ2) is 7.17. The van der Waals surface area contributed by atoms with Crippen molar-refractivity contribution in [2.24, 2.45) is 0 Å². The third-order valence-electron chi connectivity index (χ3n) is 2.56. The zero-order valence-electron chi connectivity index (χ0n) is 10.0. The van der Waals surface area contributed by atoms with E-state index in [9.17, 15) is 20.1 Å². The second-order valence-electron chi connectivity index (χ2n) is 4.03. The van der Waals surface area contributed by atoms with Crippen molar-refractivity contribution < 1.29 is 30.3 Å². The maximum absolute atomic E-state index is 11.6. The van der Waals surface area contributed by atoms with Crippen molar-refractivity contribution in [2.75, 3.05) is 11.9 Å². The zero-order chi connectivity index (χ0) is 14.4. The van der Waals surface area contributed by atoms with E-state index in [4.69, 9.17) is 10.2 Å². The predicted octanol–water partition coefficient (Wildman–Crippen LogP) is -1.94. The second-order valence-corrected chi connectivity index (χ2v) is 4.03. The summed E-state index contributed by atoms with van der Waals surface area (Å²) in [6, 6.07) is 8.24. The highest BCUT2D eigenvalue weighted by molar-refractivity contribution is 5.94. The first kappa shape index (κ1) is 15.5. The lowest BCUT2D eigenvalue weighted by molar-refractivity contribution is -0.144. The fourth-order valence-corrected chi connectivity index (χ4v) is 1.42. The number of benzene rings is 1. The lowest BCUT2D eigenvalue weighted by Crippen LogP contribution is -2.50. The summed E-state index contributed by atoms with van der Waals surface area (Å²) in [6.45, 7) is -0.800. The molecule has 0 radical (unpaired) electrons. The molecule has 1 amide bonds. The van der Waals surface area contributed by atoms with Gasteiger partial charge in [0.1, 0.15) is 18.3 Å². The van der Waals surface area contributed by atoms with Gasteiger partial charge >= 0.3 is 0 Å². The van der Waals surface area contributed by atoms with E-state index in [1.54, 1.807) is 30.3 Å². The number of nitrogens with one attached hydrogen (secondary N) is 1. The van der Waals surface area contributed by atoms with Crippen molar-refractivity contribution >= 4 is 11.6 Å². The number of carbonyl (C=O) groups excluding carboxylic acids is 1. The Morgan fingerprint density at radius 1 is 1.05 bits per heavy atom. The molecule has 0 aliphatic carbocycles. The van der Waals surface area contributed by atoms with Gasteiger partial charge < -0.3 is 30.8 Å². The maximum atomic E-state index is 11.6. The number of anilines is 1. The van der Waals surface area contributed by atoms with Crippen molar-refractivity contribution in [3.8, 4) is 0 Å². The molecule has 0 heterocycles. The third-order valence-corrected chi connectivity index (χ3v) is 2.56. The smallest absolute Gasteiger partial charge is 0.256 e. The van der Waals surface area contributed by atoms with Crippen LogP contribution in [0.4, 0.5) is 5.69 Å². The molecule has 1 aromatic carbocycles. The molecule has 19 heavy (non-hydrogen) atoms. The summed E-state index contributed by atoms with van der Waals surface area (Å²) in [5, 5.41) is 48.5. The number of aliphatic hydroxyl groups is 5. The molecule has 0 aliphatic rings. The van der Waals surface area contributed by atoms with Crippen LogP contribution in [0.15, 0.2) is 30.3 Å². The number of amides is 1. The lowest BCUT2D eigenvalue weighted by Gasteiger charge is -2.24. The number of aliphatic hydroxyl groups excluding tert-OH is 5.